The lowest BCUT2D eigenvalue weighted by Crippen LogP contribution is -2.50. The monoisotopic (exact) mass is 200 g/mol. The molecule has 0 radical (unpaired) electrons. The molecule has 1 saturated heterocycles. The molecule has 0 aromatic carbocycles. The van der Waals surface area contributed by atoms with Crippen molar-refractivity contribution < 1.29 is 14.3 Å². The lowest BCUT2D eigenvalue weighted by Gasteiger charge is -2.43. The molecule has 0 aliphatic carbocycles. The van der Waals surface area contributed by atoms with Gasteiger partial charge in [-0.2, -0.15) is 0 Å². The molecule has 2 atom stereocenters. The number of carbonyl (C=O) groups excluding carboxylic acids is 1. The van der Waals surface area contributed by atoms with E-state index in [4.69, 9.17) is 9.47 Å². The molecule has 0 N–H and O–H groups in total. The van der Waals surface area contributed by atoms with Gasteiger partial charge in [0.15, 0.2) is 5.78 Å². The molecular weight excluding hydrogens is 180 g/mol. The number of rotatable bonds is 2. The number of ether oxygens (including phenoxy) is 2. The first-order chi connectivity index (χ1) is 6.34. The molecule has 1 aliphatic rings. The minimum absolute atomic E-state index is 0.0138. The highest BCUT2D eigenvalue weighted by Gasteiger charge is 2.41. The van der Waals surface area contributed by atoms with Gasteiger partial charge in [0.1, 0.15) is 0 Å². The Morgan fingerprint density at radius 3 is 2.43 bits per heavy atom. The molecule has 1 rings (SSSR count). The van der Waals surface area contributed by atoms with Crippen molar-refractivity contribution in [2.45, 2.75) is 47.0 Å². The van der Waals surface area contributed by atoms with Gasteiger partial charge in [0.05, 0.1) is 12.7 Å². The molecule has 3 nitrogen and oxygen atoms in total. The van der Waals surface area contributed by atoms with Gasteiger partial charge in [0.25, 0.3) is 0 Å². The first-order valence-electron chi connectivity index (χ1n) is 5.12. The van der Waals surface area contributed by atoms with Crippen LogP contribution in [0.2, 0.25) is 0 Å². The van der Waals surface area contributed by atoms with Gasteiger partial charge < -0.3 is 9.47 Å². The maximum absolute atomic E-state index is 11.1. The summed E-state index contributed by atoms with van der Waals surface area (Å²) in [5, 5.41) is 0. The van der Waals surface area contributed by atoms with Gasteiger partial charge in [-0.1, -0.05) is 27.7 Å². The second-order valence-electron chi connectivity index (χ2n) is 5.04. The predicted octanol–water partition coefficient (Wildman–Crippen LogP) is 2.00. The maximum atomic E-state index is 11.1. The van der Waals surface area contributed by atoms with Gasteiger partial charge in [-0.15, -0.1) is 0 Å². The van der Waals surface area contributed by atoms with E-state index in [9.17, 15) is 4.79 Å². The molecule has 14 heavy (non-hydrogen) atoms. The fourth-order valence-corrected chi connectivity index (χ4v) is 2.00. The zero-order chi connectivity index (χ0) is 10.9. The van der Waals surface area contributed by atoms with Crippen LogP contribution in [0.4, 0.5) is 0 Å². The van der Waals surface area contributed by atoms with E-state index < -0.39 is 6.29 Å². The van der Waals surface area contributed by atoms with Crippen LogP contribution in [-0.2, 0) is 14.3 Å². The lowest BCUT2D eigenvalue weighted by atomic mass is 9.80. The smallest absolute Gasteiger partial charge is 0.217 e. The zero-order valence-electron chi connectivity index (χ0n) is 9.66. The third-order valence-corrected chi connectivity index (χ3v) is 2.58. The Morgan fingerprint density at radius 1 is 1.43 bits per heavy atom. The van der Waals surface area contributed by atoms with Crippen molar-refractivity contribution >= 4 is 5.78 Å². The summed E-state index contributed by atoms with van der Waals surface area (Å²) in [4.78, 5) is 11.1. The first kappa shape index (κ1) is 11.7. The van der Waals surface area contributed by atoms with Crippen LogP contribution in [0.1, 0.15) is 34.6 Å². The van der Waals surface area contributed by atoms with Crippen LogP contribution in [0, 0.1) is 11.3 Å². The molecule has 1 aliphatic heterocycles. The fourth-order valence-electron chi connectivity index (χ4n) is 2.00. The summed E-state index contributed by atoms with van der Waals surface area (Å²) in [7, 11) is 0. The molecule has 0 amide bonds. The lowest BCUT2D eigenvalue weighted by molar-refractivity contribution is -0.258. The molecule has 1 heterocycles. The Morgan fingerprint density at radius 2 is 2.00 bits per heavy atom. The molecule has 0 saturated carbocycles. The number of carbonyl (C=O) groups is 1. The summed E-state index contributed by atoms with van der Waals surface area (Å²) < 4.78 is 11.0. The number of ketones is 1. The minimum atomic E-state index is -0.657. The topological polar surface area (TPSA) is 35.5 Å². The Balaban J connectivity index is 2.72. The summed E-state index contributed by atoms with van der Waals surface area (Å²) in [5.74, 6) is 0.349. The normalized spacial score (nSPS) is 31.9. The number of Topliss-reactive ketones (excluding diaryl/α,β-unsaturated/α-hetero) is 1. The van der Waals surface area contributed by atoms with Gasteiger partial charge in [0.2, 0.25) is 6.29 Å². The van der Waals surface area contributed by atoms with Crippen molar-refractivity contribution in [2.75, 3.05) is 6.61 Å². The van der Waals surface area contributed by atoms with E-state index in [1.54, 1.807) is 0 Å². The first-order valence-corrected chi connectivity index (χ1v) is 5.12. The molecule has 3 heteroatoms. The Bertz CT molecular complexity index is 221. The number of hydrogen-bond acceptors (Lipinski definition) is 3. The van der Waals surface area contributed by atoms with Crippen LogP contribution in [-0.4, -0.2) is 24.8 Å². The van der Waals surface area contributed by atoms with Crippen LogP contribution in [0.3, 0.4) is 0 Å². The molecule has 0 spiro atoms. The predicted molar refractivity (Wildman–Crippen MR) is 53.9 cm³/mol. The SMILES string of the molecule is CC(=O)C1OCC(C)(C)C(C(C)C)O1. The van der Waals surface area contributed by atoms with E-state index in [1.165, 1.54) is 6.92 Å². The summed E-state index contributed by atoms with van der Waals surface area (Å²) >= 11 is 0. The number of hydrogen-bond donors (Lipinski definition) is 0. The molecule has 0 aromatic heterocycles. The third kappa shape index (κ3) is 2.34. The average Bonchev–Trinajstić information content (AvgIpc) is 2.02. The zero-order valence-corrected chi connectivity index (χ0v) is 9.66. The van der Waals surface area contributed by atoms with Crippen molar-refractivity contribution in [3.63, 3.8) is 0 Å². The highest BCUT2D eigenvalue weighted by molar-refractivity contribution is 5.79. The Labute approximate surface area is 85.8 Å². The molecule has 0 bridgehead atoms. The van der Waals surface area contributed by atoms with Crippen LogP contribution in [0.5, 0.6) is 0 Å². The Hall–Kier alpha value is -0.410. The van der Waals surface area contributed by atoms with E-state index in [1.807, 2.05) is 0 Å². The summed E-state index contributed by atoms with van der Waals surface area (Å²) in [6.45, 7) is 10.5. The molecule has 1 fully saturated rings. The highest BCUT2D eigenvalue weighted by atomic mass is 16.7. The van der Waals surface area contributed by atoms with E-state index in [0.717, 1.165) is 0 Å². The van der Waals surface area contributed by atoms with E-state index in [2.05, 4.69) is 27.7 Å². The van der Waals surface area contributed by atoms with Gasteiger partial charge in [-0.25, -0.2) is 0 Å². The van der Waals surface area contributed by atoms with Crippen molar-refractivity contribution in [1.82, 2.24) is 0 Å². The van der Waals surface area contributed by atoms with Crippen LogP contribution in [0.25, 0.3) is 0 Å². The van der Waals surface area contributed by atoms with Crippen molar-refractivity contribution in [3.8, 4) is 0 Å². The average molecular weight is 200 g/mol. The van der Waals surface area contributed by atoms with Gasteiger partial charge in [-0.3, -0.25) is 4.79 Å². The van der Waals surface area contributed by atoms with Crippen LogP contribution in [0.15, 0.2) is 0 Å². The van der Waals surface area contributed by atoms with Crippen molar-refractivity contribution in [3.05, 3.63) is 0 Å². The summed E-state index contributed by atoms with van der Waals surface area (Å²) in [6.07, 6.45) is -0.569. The van der Waals surface area contributed by atoms with Gasteiger partial charge in [-0.05, 0) is 12.8 Å². The van der Waals surface area contributed by atoms with Gasteiger partial charge >= 0.3 is 0 Å². The molecule has 82 valence electrons. The summed E-state index contributed by atoms with van der Waals surface area (Å²) in [6, 6.07) is 0. The van der Waals surface area contributed by atoms with Crippen molar-refractivity contribution in [1.29, 1.82) is 0 Å². The largest absolute Gasteiger partial charge is 0.345 e. The highest BCUT2D eigenvalue weighted by Crippen LogP contribution is 2.34. The van der Waals surface area contributed by atoms with Crippen LogP contribution >= 0.6 is 0 Å². The van der Waals surface area contributed by atoms with E-state index in [-0.39, 0.29) is 17.3 Å². The molecule has 0 aromatic rings. The molecule has 2 unspecified atom stereocenters. The van der Waals surface area contributed by atoms with E-state index >= 15 is 0 Å². The second kappa shape index (κ2) is 3.99. The van der Waals surface area contributed by atoms with Crippen molar-refractivity contribution in [2.24, 2.45) is 11.3 Å². The second-order valence-corrected chi connectivity index (χ2v) is 5.04. The fraction of sp³-hybridized carbons (Fsp3) is 0.909. The van der Waals surface area contributed by atoms with Crippen LogP contribution < -0.4 is 0 Å². The minimum Gasteiger partial charge on any atom is -0.345 e. The Kier molecular flexibility index (Phi) is 3.32. The quantitative estimate of drug-likeness (QED) is 0.684. The summed E-state index contributed by atoms with van der Waals surface area (Å²) in [5.41, 5.74) is -0.0138. The standard InChI is InChI=1S/C11H20O3/c1-7(2)9-11(4,5)6-13-10(14-9)8(3)12/h7,9-10H,6H2,1-5H3. The molecular formula is C11H20O3. The maximum Gasteiger partial charge on any atom is 0.217 e. The van der Waals surface area contributed by atoms with Gasteiger partial charge in [0, 0.05) is 5.41 Å². The third-order valence-electron chi connectivity index (χ3n) is 2.58. The van der Waals surface area contributed by atoms with E-state index in [0.29, 0.717) is 12.5 Å².